The molecule has 0 bridgehead atoms. The van der Waals surface area contributed by atoms with Crippen molar-refractivity contribution in [2.75, 3.05) is 11.4 Å². The summed E-state index contributed by atoms with van der Waals surface area (Å²) in [6.07, 6.45) is 11.5. The van der Waals surface area contributed by atoms with Crippen LogP contribution in [0.5, 0.6) is 0 Å². The van der Waals surface area contributed by atoms with Crippen LogP contribution in [0, 0.1) is 5.92 Å². The van der Waals surface area contributed by atoms with Gasteiger partial charge in [-0.3, -0.25) is 0 Å². The normalized spacial score (nSPS) is 20.5. The van der Waals surface area contributed by atoms with Crippen molar-refractivity contribution in [2.24, 2.45) is 5.92 Å². The Hall–Kier alpha value is -1.98. The van der Waals surface area contributed by atoms with Gasteiger partial charge in [-0.2, -0.15) is 4.57 Å². The van der Waals surface area contributed by atoms with Crippen LogP contribution in [0.4, 0.5) is 5.69 Å². The summed E-state index contributed by atoms with van der Waals surface area (Å²) >= 11 is 16.1. The summed E-state index contributed by atoms with van der Waals surface area (Å²) in [5.41, 5.74) is 6.76. The van der Waals surface area contributed by atoms with Crippen LogP contribution in [0.3, 0.4) is 0 Å². The van der Waals surface area contributed by atoms with Crippen LogP contribution < -0.4 is 9.47 Å². The molecule has 0 spiro atoms. The standard InChI is InChI=1S/C30H31Cl2N2S2/c1-5-33-25-11-9-23(31)17-27(25)35-29(33)13-7-21-15-19(3)16-22(20(21)4)8-14-30-34(6-2)26-12-10-24(32)18-28(26)36-30/h7-14,17-19H,5-6,15-16H2,1-4H3/q+1. The third-order valence-corrected chi connectivity index (χ3v) is 9.67. The lowest BCUT2D eigenvalue weighted by Crippen LogP contribution is -2.33. The first-order valence-electron chi connectivity index (χ1n) is 12.5. The van der Waals surface area contributed by atoms with Gasteiger partial charge in [-0.15, -0.1) is 0 Å². The van der Waals surface area contributed by atoms with Gasteiger partial charge >= 0.3 is 0 Å². The van der Waals surface area contributed by atoms with Crippen molar-refractivity contribution < 1.29 is 4.57 Å². The van der Waals surface area contributed by atoms with Crippen LogP contribution >= 0.6 is 46.3 Å². The number of thioether (sulfide) groups is 1. The molecular formula is C30H31Cl2N2S2+. The fraction of sp³-hybridized carbons (Fsp3) is 0.300. The van der Waals surface area contributed by atoms with Crippen molar-refractivity contribution in [3.05, 3.63) is 91.4 Å². The zero-order valence-corrected chi connectivity index (χ0v) is 24.3. The Kier molecular flexibility index (Phi) is 7.69. The van der Waals surface area contributed by atoms with Crippen molar-refractivity contribution in [2.45, 2.75) is 52.0 Å². The van der Waals surface area contributed by atoms with E-state index in [0.29, 0.717) is 5.92 Å². The number of fused-ring (bicyclic) bond motifs is 2. The molecule has 5 rings (SSSR count). The molecule has 1 aliphatic heterocycles. The van der Waals surface area contributed by atoms with E-state index in [2.05, 4.69) is 85.7 Å². The Morgan fingerprint density at radius 3 is 2.58 bits per heavy atom. The van der Waals surface area contributed by atoms with E-state index in [0.717, 1.165) is 36.0 Å². The maximum absolute atomic E-state index is 6.25. The van der Waals surface area contributed by atoms with Gasteiger partial charge in [-0.05, 0) is 92.7 Å². The summed E-state index contributed by atoms with van der Waals surface area (Å²) in [6, 6.07) is 12.4. The van der Waals surface area contributed by atoms with Crippen LogP contribution in [0.1, 0.15) is 45.5 Å². The first kappa shape index (κ1) is 25.7. The van der Waals surface area contributed by atoms with Crippen LogP contribution in [0.15, 0.2) is 81.3 Å². The lowest BCUT2D eigenvalue weighted by atomic mass is 9.81. The van der Waals surface area contributed by atoms with E-state index in [-0.39, 0.29) is 0 Å². The highest BCUT2D eigenvalue weighted by molar-refractivity contribution is 8.03. The second-order valence-electron chi connectivity index (χ2n) is 9.45. The molecule has 2 nitrogen and oxygen atoms in total. The first-order chi connectivity index (χ1) is 17.4. The number of thiazole rings is 1. The molecule has 1 unspecified atom stereocenters. The molecule has 1 aromatic heterocycles. The third-order valence-electron chi connectivity index (χ3n) is 6.97. The Balaban J connectivity index is 1.45. The summed E-state index contributed by atoms with van der Waals surface area (Å²) in [6.45, 7) is 10.9. The average Bonchev–Trinajstić information content (AvgIpc) is 3.38. The second-order valence-corrected chi connectivity index (χ2v) is 12.4. The van der Waals surface area contributed by atoms with Gasteiger partial charge in [-0.25, -0.2) is 0 Å². The Morgan fingerprint density at radius 1 is 1.03 bits per heavy atom. The van der Waals surface area contributed by atoms with Crippen molar-refractivity contribution in [3.8, 4) is 0 Å². The molecular weight excluding hydrogens is 523 g/mol. The predicted molar refractivity (Wildman–Crippen MR) is 159 cm³/mol. The number of rotatable bonds is 5. The molecule has 2 heterocycles. The lowest BCUT2D eigenvalue weighted by molar-refractivity contribution is -0.665. The van der Waals surface area contributed by atoms with E-state index in [1.807, 2.05) is 12.1 Å². The Labute approximate surface area is 232 Å². The fourth-order valence-electron chi connectivity index (χ4n) is 5.12. The minimum absolute atomic E-state index is 0.618. The smallest absolute Gasteiger partial charge is 0.262 e. The number of hydrogen-bond donors (Lipinski definition) is 0. The highest BCUT2D eigenvalue weighted by Gasteiger charge is 2.24. The molecule has 1 atom stereocenters. The SMILES string of the molecule is CCN1/C(=C/C=C2CC(C)CC(/C=C/c3sc4cc(Cl)ccc4[n+]3CC)=C2C)Sc2cc(Cl)ccc21. The second kappa shape index (κ2) is 10.8. The molecule has 36 heavy (non-hydrogen) atoms. The van der Waals surface area contributed by atoms with Gasteiger partial charge in [-0.1, -0.05) is 65.4 Å². The van der Waals surface area contributed by atoms with Gasteiger partial charge in [0.25, 0.3) is 5.01 Å². The van der Waals surface area contributed by atoms with Crippen LogP contribution in [-0.2, 0) is 6.54 Å². The van der Waals surface area contributed by atoms with Crippen LogP contribution in [-0.4, -0.2) is 6.54 Å². The van der Waals surface area contributed by atoms with Gasteiger partial charge in [0, 0.05) is 33.6 Å². The van der Waals surface area contributed by atoms with Crippen LogP contribution in [0.2, 0.25) is 10.0 Å². The minimum atomic E-state index is 0.618. The van der Waals surface area contributed by atoms with E-state index in [4.69, 9.17) is 23.2 Å². The molecule has 2 aromatic carbocycles. The Bertz CT molecular complexity index is 1440. The van der Waals surface area contributed by atoms with Crippen molar-refractivity contribution in [1.29, 1.82) is 0 Å². The van der Waals surface area contributed by atoms with Gasteiger partial charge in [0.2, 0.25) is 5.52 Å². The topological polar surface area (TPSA) is 7.12 Å². The Morgan fingerprint density at radius 2 is 1.81 bits per heavy atom. The number of aromatic nitrogens is 1. The molecule has 6 heteroatoms. The fourth-order valence-corrected chi connectivity index (χ4v) is 7.93. The highest BCUT2D eigenvalue weighted by atomic mass is 35.5. The monoisotopic (exact) mass is 553 g/mol. The summed E-state index contributed by atoms with van der Waals surface area (Å²) in [5.74, 6) is 0.618. The number of halogens is 2. The lowest BCUT2D eigenvalue weighted by Gasteiger charge is -2.24. The third kappa shape index (κ3) is 5.06. The first-order valence-corrected chi connectivity index (χ1v) is 14.9. The molecule has 0 amide bonds. The summed E-state index contributed by atoms with van der Waals surface area (Å²) in [5, 5.41) is 4.11. The largest absolute Gasteiger partial charge is 0.335 e. The summed E-state index contributed by atoms with van der Waals surface area (Å²) in [4.78, 5) is 3.60. The number of aryl methyl sites for hydroxylation is 1. The zero-order valence-electron chi connectivity index (χ0n) is 21.1. The molecule has 1 aliphatic carbocycles. The van der Waals surface area contributed by atoms with E-state index in [1.54, 1.807) is 23.1 Å². The predicted octanol–water partition coefficient (Wildman–Crippen LogP) is 9.68. The van der Waals surface area contributed by atoms with Gasteiger partial charge in [0.05, 0.1) is 10.7 Å². The van der Waals surface area contributed by atoms with E-state index >= 15 is 0 Å². The minimum Gasteiger partial charge on any atom is -0.335 e. The number of benzene rings is 2. The quantitative estimate of drug-likeness (QED) is 0.290. The summed E-state index contributed by atoms with van der Waals surface area (Å²) in [7, 11) is 0. The average molecular weight is 555 g/mol. The van der Waals surface area contributed by atoms with Crippen molar-refractivity contribution >= 4 is 68.3 Å². The number of anilines is 1. The van der Waals surface area contributed by atoms with E-state index in [1.165, 1.54) is 47.6 Å². The van der Waals surface area contributed by atoms with Crippen LogP contribution in [0.25, 0.3) is 16.3 Å². The molecule has 0 saturated carbocycles. The van der Waals surface area contributed by atoms with Gasteiger partial charge in [0.15, 0.2) is 0 Å². The van der Waals surface area contributed by atoms with Crippen molar-refractivity contribution in [1.82, 2.24) is 0 Å². The molecule has 3 aromatic rings. The molecule has 0 saturated heterocycles. The van der Waals surface area contributed by atoms with Crippen molar-refractivity contribution in [3.63, 3.8) is 0 Å². The molecule has 186 valence electrons. The zero-order chi connectivity index (χ0) is 25.4. The molecule has 2 aliphatic rings. The summed E-state index contributed by atoms with van der Waals surface area (Å²) < 4.78 is 3.60. The number of hydrogen-bond acceptors (Lipinski definition) is 3. The van der Waals surface area contributed by atoms with Gasteiger partial charge < -0.3 is 4.90 Å². The maximum atomic E-state index is 6.25. The molecule has 0 fully saturated rings. The number of allylic oxidation sites excluding steroid dienone is 6. The highest BCUT2D eigenvalue weighted by Crippen LogP contribution is 2.47. The molecule has 0 N–H and O–H groups in total. The molecule has 0 radical (unpaired) electrons. The number of nitrogens with zero attached hydrogens (tertiary/aromatic N) is 2. The van der Waals surface area contributed by atoms with E-state index < -0.39 is 0 Å². The van der Waals surface area contributed by atoms with E-state index in [9.17, 15) is 0 Å². The maximum Gasteiger partial charge on any atom is 0.262 e. The van der Waals surface area contributed by atoms with Gasteiger partial charge in [0.1, 0.15) is 11.2 Å².